The van der Waals surface area contributed by atoms with Gasteiger partial charge in [0.05, 0.1) is 12.7 Å². The van der Waals surface area contributed by atoms with E-state index in [9.17, 15) is 5.11 Å². The molecule has 0 spiro atoms. The Labute approximate surface area is 98.6 Å². The van der Waals surface area contributed by atoms with Gasteiger partial charge in [-0.1, -0.05) is 13.3 Å². The molecule has 1 fully saturated rings. The van der Waals surface area contributed by atoms with Crippen LogP contribution in [0.4, 0.5) is 0 Å². The largest absolute Gasteiger partial charge is 0.394 e. The second-order valence-electron chi connectivity index (χ2n) is 4.74. The van der Waals surface area contributed by atoms with Crippen molar-refractivity contribution < 1.29 is 10.2 Å². The lowest BCUT2D eigenvalue weighted by Gasteiger charge is -2.31. The van der Waals surface area contributed by atoms with E-state index in [1.165, 1.54) is 19.3 Å². The van der Waals surface area contributed by atoms with E-state index in [0.717, 1.165) is 26.1 Å². The van der Waals surface area contributed by atoms with Crippen LogP contribution in [-0.2, 0) is 0 Å². The average molecular weight is 230 g/mol. The quantitative estimate of drug-likeness (QED) is 0.584. The molecule has 0 radical (unpaired) electrons. The molecular formula is C12H26N2O2. The zero-order valence-corrected chi connectivity index (χ0v) is 10.4. The fourth-order valence-corrected chi connectivity index (χ4v) is 2.32. The molecule has 2 unspecified atom stereocenters. The van der Waals surface area contributed by atoms with Gasteiger partial charge in [0, 0.05) is 19.1 Å². The minimum absolute atomic E-state index is 0.141. The van der Waals surface area contributed by atoms with Crippen molar-refractivity contribution in [1.29, 1.82) is 0 Å². The summed E-state index contributed by atoms with van der Waals surface area (Å²) in [4.78, 5) is 2.25. The Balaban J connectivity index is 2.30. The maximum absolute atomic E-state index is 9.47. The molecule has 2 atom stereocenters. The summed E-state index contributed by atoms with van der Waals surface area (Å²) >= 11 is 0. The van der Waals surface area contributed by atoms with E-state index in [0.29, 0.717) is 12.6 Å². The monoisotopic (exact) mass is 230 g/mol. The molecule has 96 valence electrons. The lowest BCUT2D eigenvalue weighted by molar-refractivity contribution is 0.0550. The van der Waals surface area contributed by atoms with Crippen molar-refractivity contribution in [2.75, 3.05) is 32.8 Å². The van der Waals surface area contributed by atoms with Crippen LogP contribution in [0.2, 0.25) is 0 Å². The van der Waals surface area contributed by atoms with Gasteiger partial charge in [0.2, 0.25) is 0 Å². The minimum atomic E-state index is -0.602. The minimum Gasteiger partial charge on any atom is -0.394 e. The van der Waals surface area contributed by atoms with Gasteiger partial charge in [0.25, 0.3) is 0 Å². The van der Waals surface area contributed by atoms with Gasteiger partial charge in [-0.2, -0.15) is 0 Å². The molecule has 1 rings (SSSR count). The topological polar surface area (TPSA) is 55.7 Å². The van der Waals surface area contributed by atoms with Crippen molar-refractivity contribution >= 4 is 0 Å². The SMILES string of the molecule is CCCN(CC(O)CO)CC1CCCCN1. The summed E-state index contributed by atoms with van der Waals surface area (Å²) in [5.74, 6) is 0. The first kappa shape index (κ1) is 13.9. The van der Waals surface area contributed by atoms with E-state index in [4.69, 9.17) is 5.11 Å². The molecule has 0 amide bonds. The van der Waals surface area contributed by atoms with E-state index in [-0.39, 0.29) is 6.61 Å². The maximum Gasteiger partial charge on any atom is 0.0897 e. The number of aliphatic hydroxyl groups excluding tert-OH is 2. The summed E-state index contributed by atoms with van der Waals surface area (Å²) in [6.07, 6.45) is 4.31. The van der Waals surface area contributed by atoms with Gasteiger partial charge < -0.3 is 15.5 Å². The van der Waals surface area contributed by atoms with E-state index in [2.05, 4.69) is 17.1 Å². The van der Waals surface area contributed by atoms with Gasteiger partial charge in [0.15, 0.2) is 0 Å². The first-order chi connectivity index (χ1) is 7.76. The third kappa shape index (κ3) is 5.25. The number of rotatable bonds is 7. The number of hydrogen-bond donors (Lipinski definition) is 3. The van der Waals surface area contributed by atoms with Crippen LogP contribution in [0.3, 0.4) is 0 Å². The number of hydrogen-bond acceptors (Lipinski definition) is 4. The van der Waals surface area contributed by atoms with Gasteiger partial charge in [-0.3, -0.25) is 4.90 Å². The Morgan fingerprint density at radius 2 is 2.25 bits per heavy atom. The summed E-state index contributed by atoms with van der Waals surface area (Å²) < 4.78 is 0. The third-order valence-corrected chi connectivity index (χ3v) is 3.11. The summed E-state index contributed by atoms with van der Waals surface area (Å²) in [7, 11) is 0. The number of aliphatic hydroxyl groups is 2. The predicted molar refractivity (Wildman–Crippen MR) is 65.5 cm³/mol. The Morgan fingerprint density at radius 3 is 2.81 bits per heavy atom. The average Bonchev–Trinajstić information content (AvgIpc) is 2.30. The molecule has 4 heteroatoms. The lowest BCUT2D eigenvalue weighted by Crippen LogP contribution is -2.46. The van der Waals surface area contributed by atoms with Gasteiger partial charge in [0.1, 0.15) is 0 Å². The van der Waals surface area contributed by atoms with Crippen molar-refractivity contribution in [3.05, 3.63) is 0 Å². The molecule has 1 aliphatic rings. The number of nitrogens with zero attached hydrogens (tertiary/aromatic N) is 1. The van der Waals surface area contributed by atoms with E-state index >= 15 is 0 Å². The van der Waals surface area contributed by atoms with Crippen molar-refractivity contribution in [3.8, 4) is 0 Å². The first-order valence-corrected chi connectivity index (χ1v) is 6.51. The van der Waals surface area contributed by atoms with Crippen LogP contribution < -0.4 is 5.32 Å². The number of nitrogens with one attached hydrogen (secondary N) is 1. The van der Waals surface area contributed by atoms with Crippen LogP contribution >= 0.6 is 0 Å². The highest BCUT2D eigenvalue weighted by Crippen LogP contribution is 2.09. The van der Waals surface area contributed by atoms with Crippen molar-refractivity contribution in [1.82, 2.24) is 10.2 Å². The van der Waals surface area contributed by atoms with Crippen LogP contribution in [0.15, 0.2) is 0 Å². The lowest BCUT2D eigenvalue weighted by atomic mass is 10.0. The van der Waals surface area contributed by atoms with E-state index in [1.54, 1.807) is 0 Å². The van der Waals surface area contributed by atoms with Crippen molar-refractivity contribution in [2.24, 2.45) is 0 Å². The molecular weight excluding hydrogens is 204 g/mol. The summed E-state index contributed by atoms with van der Waals surface area (Å²) in [5, 5.41) is 21.9. The normalized spacial score (nSPS) is 23.6. The first-order valence-electron chi connectivity index (χ1n) is 6.51. The molecule has 0 aromatic carbocycles. The Morgan fingerprint density at radius 1 is 1.44 bits per heavy atom. The van der Waals surface area contributed by atoms with Gasteiger partial charge in [-0.05, 0) is 32.4 Å². The van der Waals surface area contributed by atoms with Crippen LogP contribution in [0.5, 0.6) is 0 Å². The van der Waals surface area contributed by atoms with Crippen LogP contribution in [0.25, 0.3) is 0 Å². The summed E-state index contributed by atoms with van der Waals surface area (Å²) in [5.41, 5.74) is 0. The second-order valence-corrected chi connectivity index (χ2v) is 4.74. The Bertz CT molecular complexity index is 172. The second kappa shape index (κ2) is 8.01. The van der Waals surface area contributed by atoms with Crippen LogP contribution in [-0.4, -0.2) is 60.0 Å². The molecule has 0 aliphatic carbocycles. The highest BCUT2D eigenvalue weighted by Gasteiger charge is 2.17. The fourth-order valence-electron chi connectivity index (χ4n) is 2.32. The van der Waals surface area contributed by atoms with Crippen molar-refractivity contribution in [2.45, 2.75) is 44.8 Å². The zero-order valence-electron chi connectivity index (χ0n) is 10.4. The van der Waals surface area contributed by atoms with Crippen LogP contribution in [0, 0.1) is 0 Å². The maximum atomic E-state index is 9.47. The fraction of sp³-hybridized carbons (Fsp3) is 1.00. The summed E-state index contributed by atoms with van der Waals surface area (Å²) in [6.45, 7) is 5.70. The molecule has 0 aromatic rings. The third-order valence-electron chi connectivity index (χ3n) is 3.11. The Kier molecular flexibility index (Phi) is 6.96. The Hall–Kier alpha value is -0.160. The van der Waals surface area contributed by atoms with E-state index in [1.807, 2.05) is 0 Å². The molecule has 0 bridgehead atoms. The number of piperidine rings is 1. The van der Waals surface area contributed by atoms with Crippen LogP contribution in [0.1, 0.15) is 32.6 Å². The highest BCUT2D eigenvalue weighted by molar-refractivity contribution is 4.77. The molecule has 1 saturated heterocycles. The molecule has 1 heterocycles. The van der Waals surface area contributed by atoms with E-state index < -0.39 is 6.10 Å². The van der Waals surface area contributed by atoms with Crippen molar-refractivity contribution in [3.63, 3.8) is 0 Å². The van der Waals surface area contributed by atoms with Gasteiger partial charge in [-0.15, -0.1) is 0 Å². The molecule has 16 heavy (non-hydrogen) atoms. The predicted octanol–water partition coefficient (Wildman–Crippen LogP) is 0.194. The molecule has 0 saturated carbocycles. The summed E-state index contributed by atoms with van der Waals surface area (Å²) in [6, 6.07) is 0.561. The van der Waals surface area contributed by atoms with Gasteiger partial charge >= 0.3 is 0 Å². The molecule has 1 aliphatic heterocycles. The van der Waals surface area contributed by atoms with Gasteiger partial charge in [-0.25, -0.2) is 0 Å². The highest BCUT2D eigenvalue weighted by atomic mass is 16.3. The molecule has 0 aromatic heterocycles. The standard InChI is InChI=1S/C12H26N2O2/c1-2-7-14(9-12(16)10-15)8-11-5-3-4-6-13-11/h11-13,15-16H,2-10H2,1H3. The molecule has 4 nitrogen and oxygen atoms in total. The molecule has 3 N–H and O–H groups in total. The smallest absolute Gasteiger partial charge is 0.0897 e. The zero-order chi connectivity index (χ0) is 11.8.